The van der Waals surface area contributed by atoms with Gasteiger partial charge in [-0.05, 0) is 37.3 Å². The van der Waals surface area contributed by atoms with Crippen molar-refractivity contribution < 1.29 is 33.3 Å². The van der Waals surface area contributed by atoms with E-state index in [1.807, 2.05) is 6.92 Å². The number of amides is 1. The number of esters is 2. The van der Waals surface area contributed by atoms with E-state index in [0.717, 1.165) is 0 Å². The van der Waals surface area contributed by atoms with E-state index in [1.54, 1.807) is 36.4 Å². The molecule has 1 amide bonds. The molecule has 29 heavy (non-hydrogen) atoms. The van der Waals surface area contributed by atoms with Crippen molar-refractivity contribution in [2.24, 2.45) is 0 Å². The van der Waals surface area contributed by atoms with Gasteiger partial charge < -0.3 is 24.3 Å². The van der Waals surface area contributed by atoms with Crippen molar-refractivity contribution in [1.29, 1.82) is 0 Å². The van der Waals surface area contributed by atoms with E-state index in [2.05, 4.69) is 10.1 Å². The van der Waals surface area contributed by atoms with Crippen LogP contribution in [0.15, 0.2) is 42.5 Å². The second kappa shape index (κ2) is 10.8. The summed E-state index contributed by atoms with van der Waals surface area (Å²) in [6.45, 7) is 2.15. The van der Waals surface area contributed by atoms with Crippen molar-refractivity contribution in [3.63, 3.8) is 0 Å². The summed E-state index contributed by atoms with van der Waals surface area (Å²) >= 11 is 0. The van der Waals surface area contributed by atoms with Gasteiger partial charge in [0.15, 0.2) is 6.61 Å². The third-order valence-corrected chi connectivity index (χ3v) is 3.92. The molecule has 2 aromatic rings. The van der Waals surface area contributed by atoms with Gasteiger partial charge in [-0.25, -0.2) is 9.59 Å². The van der Waals surface area contributed by atoms with Crippen molar-refractivity contribution in [1.82, 2.24) is 0 Å². The SMILES string of the molecule is CCOCc1cc(C(=O)OCC(=O)Nc2ccccc2C(=O)OC)ccc1OC. The zero-order valence-electron chi connectivity index (χ0n) is 16.5. The highest BCUT2D eigenvalue weighted by Crippen LogP contribution is 2.21. The summed E-state index contributed by atoms with van der Waals surface area (Å²) in [5.41, 5.74) is 1.43. The maximum atomic E-state index is 12.3. The predicted octanol–water partition coefficient (Wildman–Crippen LogP) is 2.81. The highest BCUT2D eigenvalue weighted by atomic mass is 16.5. The predicted molar refractivity (Wildman–Crippen MR) is 105 cm³/mol. The largest absolute Gasteiger partial charge is 0.496 e. The zero-order valence-corrected chi connectivity index (χ0v) is 16.5. The number of benzene rings is 2. The molecule has 0 bridgehead atoms. The maximum Gasteiger partial charge on any atom is 0.339 e. The van der Waals surface area contributed by atoms with Crippen molar-refractivity contribution in [3.05, 3.63) is 59.2 Å². The van der Waals surface area contributed by atoms with Crippen molar-refractivity contribution in [3.8, 4) is 5.75 Å². The number of carbonyl (C=O) groups is 3. The first kappa shape index (κ1) is 21.9. The first-order chi connectivity index (χ1) is 14.0. The van der Waals surface area contributed by atoms with Gasteiger partial charge in [0.2, 0.25) is 0 Å². The van der Waals surface area contributed by atoms with Gasteiger partial charge in [0, 0.05) is 12.2 Å². The number of ether oxygens (including phenoxy) is 4. The fraction of sp³-hybridized carbons (Fsp3) is 0.286. The van der Waals surface area contributed by atoms with Crippen LogP contribution in [-0.4, -0.2) is 45.3 Å². The van der Waals surface area contributed by atoms with E-state index in [9.17, 15) is 14.4 Å². The van der Waals surface area contributed by atoms with Crippen LogP contribution in [0.3, 0.4) is 0 Å². The molecule has 0 heterocycles. The van der Waals surface area contributed by atoms with Crippen LogP contribution < -0.4 is 10.1 Å². The Balaban J connectivity index is 2.00. The van der Waals surface area contributed by atoms with Crippen LogP contribution in [0.4, 0.5) is 5.69 Å². The minimum absolute atomic E-state index is 0.199. The number of methoxy groups -OCH3 is 2. The second-order valence-corrected chi connectivity index (χ2v) is 5.83. The molecule has 0 aliphatic carbocycles. The summed E-state index contributed by atoms with van der Waals surface area (Å²) in [4.78, 5) is 36.2. The van der Waals surface area contributed by atoms with Crippen LogP contribution in [0.2, 0.25) is 0 Å². The van der Waals surface area contributed by atoms with Gasteiger partial charge in [0.05, 0.1) is 37.6 Å². The Bertz CT molecular complexity index is 879. The van der Waals surface area contributed by atoms with Crippen molar-refractivity contribution in [2.75, 3.05) is 32.8 Å². The molecule has 0 saturated carbocycles. The molecule has 8 nitrogen and oxygen atoms in total. The molecule has 0 saturated heterocycles. The van der Waals surface area contributed by atoms with Crippen LogP contribution >= 0.6 is 0 Å². The number of anilines is 1. The first-order valence-corrected chi connectivity index (χ1v) is 8.89. The minimum Gasteiger partial charge on any atom is -0.496 e. The van der Waals surface area contributed by atoms with Crippen LogP contribution in [0, 0.1) is 0 Å². The quantitative estimate of drug-likeness (QED) is 0.645. The highest BCUT2D eigenvalue weighted by molar-refractivity contribution is 6.02. The van der Waals surface area contributed by atoms with Crippen LogP contribution in [-0.2, 0) is 25.6 Å². The van der Waals surface area contributed by atoms with Gasteiger partial charge in [0.25, 0.3) is 5.91 Å². The third-order valence-electron chi connectivity index (χ3n) is 3.92. The Morgan fingerprint density at radius 3 is 2.45 bits per heavy atom. The lowest BCUT2D eigenvalue weighted by atomic mass is 10.1. The topological polar surface area (TPSA) is 100 Å². The van der Waals surface area contributed by atoms with Gasteiger partial charge in [-0.15, -0.1) is 0 Å². The van der Waals surface area contributed by atoms with Crippen LogP contribution in [0.5, 0.6) is 5.75 Å². The van der Waals surface area contributed by atoms with E-state index < -0.39 is 24.5 Å². The lowest BCUT2D eigenvalue weighted by molar-refractivity contribution is -0.119. The molecule has 0 atom stereocenters. The fourth-order valence-electron chi connectivity index (χ4n) is 2.51. The molecule has 0 radical (unpaired) electrons. The zero-order chi connectivity index (χ0) is 21.2. The maximum absolute atomic E-state index is 12.3. The summed E-state index contributed by atoms with van der Waals surface area (Å²) in [5.74, 6) is -1.25. The molecule has 0 spiro atoms. The van der Waals surface area contributed by atoms with E-state index in [-0.39, 0.29) is 23.4 Å². The van der Waals surface area contributed by atoms with Crippen molar-refractivity contribution in [2.45, 2.75) is 13.5 Å². The molecule has 2 rings (SSSR count). The summed E-state index contributed by atoms with van der Waals surface area (Å²) in [5, 5.41) is 2.53. The van der Waals surface area contributed by atoms with Gasteiger partial charge in [0.1, 0.15) is 5.75 Å². The smallest absolute Gasteiger partial charge is 0.339 e. The molecule has 154 valence electrons. The lowest BCUT2D eigenvalue weighted by Crippen LogP contribution is -2.22. The van der Waals surface area contributed by atoms with Gasteiger partial charge >= 0.3 is 11.9 Å². The summed E-state index contributed by atoms with van der Waals surface area (Å²) in [6.07, 6.45) is 0. The molecule has 0 aromatic heterocycles. The summed E-state index contributed by atoms with van der Waals surface area (Å²) in [7, 11) is 2.77. The minimum atomic E-state index is -0.665. The first-order valence-electron chi connectivity index (χ1n) is 8.89. The van der Waals surface area contributed by atoms with Crippen LogP contribution in [0.25, 0.3) is 0 Å². The Hall–Kier alpha value is -3.39. The molecule has 0 aliphatic rings. The lowest BCUT2D eigenvalue weighted by Gasteiger charge is -2.12. The molecule has 0 fully saturated rings. The number of para-hydroxylation sites is 1. The number of hydrogen-bond acceptors (Lipinski definition) is 7. The van der Waals surface area contributed by atoms with Gasteiger partial charge in [-0.3, -0.25) is 4.79 Å². The summed E-state index contributed by atoms with van der Waals surface area (Å²) < 4.78 is 20.4. The Kier molecular flexibility index (Phi) is 8.17. The highest BCUT2D eigenvalue weighted by Gasteiger charge is 2.16. The van der Waals surface area contributed by atoms with Crippen molar-refractivity contribution >= 4 is 23.5 Å². The second-order valence-electron chi connectivity index (χ2n) is 5.83. The van der Waals surface area contributed by atoms with Gasteiger partial charge in [-0.1, -0.05) is 12.1 Å². The Morgan fingerprint density at radius 1 is 1.00 bits per heavy atom. The number of nitrogens with one attached hydrogen (secondary N) is 1. The number of carbonyl (C=O) groups excluding carboxylic acids is 3. The molecular weight excluding hydrogens is 378 g/mol. The molecule has 0 unspecified atom stereocenters. The molecular formula is C21H23NO7. The van der Waals surface area contributed by atoms with E-state index in [4.69, 9.17) is 14.2 Å². The fourth-order valence-corrected chi connectivity index (χ4v) is 2.51. The monoisotopic (exact) mass is 401 g/mol. The standard InChI is InChI=1S/C21H23NO7/c1-4-28-12-15-11-14(9-10-18(15)26-2)20(24)29-13-19(23)22-17-8-6-5-7-16(17)21(25)27-3/h5-11H,4,12-13H2,1-3H3,(H,22,23). The Labute approximate surface area is 168 Å². The summed E-state index contributed by atoms with van der Waals surface area (Å²) in [6, 6.07) is 11.1. The van der Waals surface area contributed by atoms with E-state index >= 15 is 0 Å². The normalized spacial score (nSPS) is 10.2. The molecule has 1 N–H and O–H groups in total. The van der Waals surface area contributed by atoms with Gasteiger partial charge in [-0.2, -0.15) is 0 Å². The van der Waals surface area contributed by atoms with E-state index in [1.165, 1.54) is 20.3 Å². The van der Waals surface area contributed by atoms with E-state index in [0.29, 0.717) is 17.9 Å². The third kappa shape index (κ3) is 6.05. The average molecular weight is 401 g/mol. The molecule has 0 aliphatic heterocycles. The van der Waals surface area contributed by atoms with Crippen LogP contribution in [0.1, 0.15) is 33.2 Å². The molecule has 2 aromatic carbocycles. The Morgan fingerprint density at radius 2 is 1.76 bits per heavy atom. The molecule has 8 heteroatoms. The number of hydrogen-bond donors (Lipinski definition) is 1. The average Bonchev–Trinajstić information content (AvgIpc) is 2.75. The number of rotatable bonds is 9.